The summed E-state index contributed by atoms with van der Waals surface area (Å²) < 4.78 is 5.46. The molecule has 2 heterocycles. The van der Waals surface area contributed by atoms with Crippen molar-refractivity contribution in [2.24, 2.45) is 0 Å². The molecule has 0 amide bonds. The predicted octanol–water partition coefficient (Wildman–Crippen LogP) is 1.55. The Hall–Kier alpha value is -1.39. The predicted molar refractivity (Wildman–Crippen MR) is 70.5 cm³/mol. The minimum Gasteiger partial charge on any atom is -0.460 e. The molecule has 0 spiro atoms. The van der Waals surface area contributed by atoms with Crippen molar-refractivity contribution in [1.29, 1.82) is 0 Å². The number of aliphatic hydroxyl groups is 1. The van der Waals surface area contributed by atoms with E-state index in [2.05, 4.69) is 5.32 Å². The third-order valence-electron chi connectivity index (χ3n) is 4.05. The minimum absolute atomic E-state index is 0.0513. The van der Waals surface area contributed by atoms with Crippen LogP contribution in [0.3, 0.4) is 0 Å². The van der Waals surface area contributed by atoms with Gasteiger partial charge in [0.15, 0.2) is 6.10 Å². The maximum Gasteiger partial charge on any atom is 0.339 e. The molecular formula is C15H19NO3. The first kappa shape index (κ1) is 12.6. The van der Waals surface area contributed by atoms with Gasteiger partial charge in [0.05, 0.1) is 0 Å². The third kappa shape index (κ3) is 2.80. The van der Waals surface area contributed by atoms with Crippen LogP contribution < -0.4 is 5.32 Å². The molecule has 3 rings (SSSR count). The van der Waals surface area contributed by atoms with Crippen molar-refractivity contribution in [3.63, 3.8) is 0 Å². The van der Waals surface area contributed by atoms with Gasteiger partial charge in [-0.15, -0.1) is 0 Å². The average molecular weight is 261 g/mol. The fourth-order valence-electron chi connectivity index (χ4n) is 3.10. The van der Waals surface area contributed by atoms with E-state index in [1.165, 1.54) is 12.8 Å². The number of carbonyl (C=O) groups excluding carboxylic acids is 1. The van der Waals surface area contributed by atoms with Crippen LogP contribution in [0.15, 0.2) is 30.3 Å². The molecule has 1 aromatic rings. The molecule has 0 radical (unpaired) electrons. The second-order valence-corrected chi connectivity index (χ2v) is 5.48. The fourth-order valence-corrected chi connectivity index (χ4v) is 3.10. The number of ether oxygens (including phenoxy) is 1. The molecule has 2 N–H and O–H groups in total. The lowest BCUT2D eigenvalue weighted by molar-refractivity contribution is -0.161. The summed E-state index contributed by atoms with van der Waals surface area (Å²) in [4.78, 5) is 12.0. The molecular weight excluding hydrogens is 242 g/mol. The summed E-state index contributed by atoms with van der Waals surface area (Å²) in [6.45, 7) is 0. The van der Waals surface area contributed by atoms with E-state index in [9.17, 15) is 9.90 Å². The zero-order chi connectivity index (χ0) is 13.2. The summed E-state index contributed by atoms with van der Waals surface area (Å²) in [6.07, 6.45) is 2.84. The van der Waals surface area contributed by atoms with Crippen molar-refractivity contribution in [3.8, 4) is 0 Å². The SMILES string of the molecule is O=C(O[C@H]1C[C@H]2CC[C@@H](C1)N2)C(O)c1ccccc1. The highest BCUT2D eigenvalue weighted by Gasteiger charge is 2.36. The lowest BCUT2D eigenvalue weighted by atomic mass is 10.0. The second-order valence-electron chi connectivity index (χ2n) is 5.48. The Labute approximate surface area is 112 Å². The van der Waals surface area contributed by atoms with Crippen LogP contribution in [-0.2, 0) is 9.53 Å². The Morgan fingerprint density at radius 2 is 1.84 bits per heavy atom. The molecule has 0 aliphatic carbocycles. The zero-order valence-corrected chi connectivity index (χ0v) is 10.8. The van der Waals surface area contributed by atoms with E-state index < -0.39 is 12.1 Å². The van der Waals surface area contributed by atoms with E-state index in [0.29, 0.717) is 17.6 Å². The number of carbonyl (C=O) groups is 1. The van der Waals surface area contributed by atoms with Gasteiger partial charge in [0.2, 0.25) is 0 Å². The number of hydrogen-bond acceptors (Lipinski definition) is 4. The third-order valence-corrected chi connectivity index (χ3v) is 4.05. The van der Waals surface area contributed by atoms with Gasteiger partial charge in [-0.3, -0.25) is 0 Å². The molecule has 4 atom stereocenters. The quantitative estimate of drug-likeness (QED) is 0.810. The van der Waals surface area contributed by atoms with Crippen molar-refractivity contribution in [2.75, 3.05) is 0 Å². The zero-order valence-electron chi connectivity index (χ0n) is 10.8. The number of piperidine rings is 1. The molecule has 0 aromatic heterocycles. The lowest BCUT2D eigenvalue weighted by Crippen LogP contribution is -2.42. The molecule has 102 valence electrons. The molecule has 2 aliphatic rings. The highest BCUT2D eigenvalue weighted by Crippen LogP contribution is 2.29. The molecule has 1 unspecified atom stereocenters. The van der Waals surface area contributed by atoms with Crippen molar-refractivity contribution in [3.05, 3.63) is 35.9 Å². The van der Waals surface area contributed by atoms with Crippen LogP contribution in [0.1, 0.15) is 37.4 Å². The Balaban J connectivity index is 1.59. The monoisotopic (exact) mass is 261 g/mol. The van der Waals surface area contributed by atoms with Gasteiger partial charge in [-0.25, -0.2) is 4.79 Å². The van der Waals surface area contributed by atoms with Crippen LogP contribution in [0, 0.1) is 0 Å². The summed E-state index contributed by atoms with van der Waals surface area (Å²) >= 11 is 0. The average Bonchev–Trinajstić information content (AvgIpc) is 2.78. The minimum atomic E-state index is -1.17. The Morgan fingerprint density at radius 3 is 2.47 bits per heavy atom. The van der Waals surface area contributed by atoms with Crippen LogP contribution in [-0.4, -0.2) is 29.3 Å². The van der Waals surface area contributed by atoms with E-state index in [-0.39, 0.29) is 6.10 Å². The van der Waals surface area contributed by atoms with E-state index in [1.807, 2.05) is 6.07 Å². The van der Waals surface area contributed by atoms with Crippen LogP contribution in [0.25, 0.3) is 0 Å². The second kappa shape index (κ2) is 5.31. The van der Waals surface area contributed by atoms with E-state index in [4.69, 9.17) is 4.74 Å². The maximum atomic E-state index is 12.0. The Kier molecular flexibility index (Phi) is 3.53. The normalized spacial score (nSPS) is 30.9. The van der Waals surface area contributed by atoms with Gasteiger partial charge in [-0.2, -0.15) is 0 Å². The first-order valence-electron chi connectivity index (χ1n) is 6.92. The highest BCUT2D eigenvalue weighted by atomic mass is 16.6. The van der Waals surface area contributed by atoms with E-state index >= 15 is 0 Å². The lowest BCUT2D eigenvalue weighted by Gasteiger charge is -2.29. The molecule has 0 saturated carbocycles. The van der Waals surface area contributed by atoms with Crippen molar-refractivity contribution >= 4 is 5.97 Å². The van der Waals surface area contributed by atoms with E-state index in [0.717, 1.165) is 12.8 Å². The van der Waals surface area contributed by atoms with Gasteiger partial charge in [0, 0.05) is 12.1 Å². The van der Waals surface area contributed by atoms with Gasteiger partial charge >= 0.3 is 5.97 Å². The van der Waals surface area contributed by atoms with E-state index in [1.54, 1.807) is 24.3 Å². The first-order valence-corrected chi connectivity index (χ1v) is 6.92. The Morgan fingerprint density at radius 1 is 1.21 bits per heavy atom. The number of hydrogen-bond donors (Lipinski definition) is 2. The summed E-state index contributed by atoms with van der Waals surface area (Å²) in [7, 11) is 0. The number of rotatable bonds is 3. The Bertz CT molecular complexity index is 436. The fraction of sp³-hybridized carbons (Fsp3) is 0.533. The van der Waals surface area contributed by atoms with Gasteiger partial charge < -0.3 is 15.2 Å². The van der Waals surface area contributed by atoms with Crippen LogP contribution in [0.2, 0.25) is 0 Å². The summed E-state index contributed by atoms with van der Waals surface area (Å²) in [5.41, 5.74) is 0.587. The van der Waals surface area contributed by atoms with Gasteiger partial charge in [-0.05, 0) is 31.2 Å². The number of aliphatic hydroxyl groups excluding tert-OH is 1. The summed E-state index contributed by atoms with van der Waals surface area (Å²) in [6, 6.07) is 9.88. The summed E-state index contributed by atoms with van der Waals surface area (Å²) in [5.74, 6) is -0.530. The van der Waals surface area contributed by atoms with Gasteiger partial charge in [0.25, 0.3) is 0 Å². The van der Waals surface area contributed by atoms with Crippen LogP contribution in [0.5, 0.6) is 0 Å². The highest BCUT2D eigenvalue weighted by molar-refractivity contribution is 5.76. The first-order chi connectivity index (χ1) is 9.22. The number of nitrogens with one attached hydrogen (secondary N) is 1. The molecule has 2 saturated heterocycles. The number of fused-ring (bicyclic) bond motifs is 2. The summed E-state index contributed by atoms with van der Waals surface area (Å²) in [5, 5.41) is 13.5. The van der Waals surface area contributed by atoms with Crippen molar-refractivity contribution < 1.29 is 14.6 Å². The van der Waals surface area contributed by atoms with Crippen LogP contribution >= 0.6 is 0 Å². The van der Waals surface area contributed by atoms with Gasteiger partial charge in [-0.1, -0.05) is 30.3 Å². The molecule has 19 heavy (non-hydrogen) atoms. The standard InChI is InChI=1S/C15H19NO3/c17-14(10-4-2-1-3-5-10)15(18)19-13-8-11-6-7-12(9-13)16-11/h1-5,11-14,16-17H,6-9H2/t11-,12+,13+,14?. The number of benzene rings is 1. The molecule has 2 fully saturated rings. The largest absolute Gasteiger partial charge is 0.460 e. The molecule has 2 bridgehead atoms. The molecule has 4 heteroatoms. The maximum absolute atomic E-state index is 12.0. The smallest absolute Gasteiger partial charge is 0.339 e. The topological polar surface area (TPSA) is 58.6 Å². The van der Waals surface area contributed by atoms with Crippen LogP contribution in [0.4, 0.5) is 0 Å². The molecule has 2 aliphatic heterocycles. The molecule has 1 aromatic carbocycles. The van der Waals surface area contributed by atoms with Crippen molar-refractivity contribution in [1.82, 2.24) is 5.32 Å². The van der Waals surface area contributed by atoms with Crippen molar-refractivity contribution in [2.45, 2.75) is 50.0 Å². The number of esters is 1. The van der Waals surface area contributed by atoms with Gasteiger partial charge in [0.1, 0.15) is 6.10 Å². The molecule has 4 nitrogen and oxygen atoms in total.